The van der Waals surface area contributed by atoms with E-state index in [1.807, 2.05) is 36.4 Å². The third-order valence-corrected chi connectivity index (χ3v) is 3.24. The predicted octanol–water partition coefficient (Wildman–Crippen LogP) is 3.25. The molecule has 0 aliphatic heterocycles. The first-order valence-corrected chi connectivity index (χ1v) is 7.40. The number of amides is 1. The minimum absolute atomic E-state index is 0.165. The number of hydrogen-bond acceptors (Lipinski definition) is 4. The van der Waals surface area contributed by atoms with E-state index in [1.54, 1.807) is 25.5 Å². The van der Waals surface area contributed by atoms with Crippen molar-refractivity contribution in [1.82, 2.24) is 0 Å². The molecule has 2 aromatic carbocycles. The molecule has 0 spiro atoms. The minimum Gasteiger partial charge on any atom is -0.495 e. The summed E-state index contributed by atoms with van der Waals surface area (Å²) in [4.78, 5) is 16.8. The number of ether oxygens (including phenoxy) is 1. The molecule has 120 valence electrons. The highest BCUT2D eigenvalue weighted by Crippen LogP contribution is 2.22. The number of hydrogen-bond donors (Lipinski definition) is 1. The summed E-state index contributed by atoms with van der Waals surface area (Å²) in [6.07, 6.45) is 2.58. The van der Waals surface area contributed by atoms with Gasteiger partial charge in [-0.1, -0.05) is 48.5 Å². The molecule has 0 aromatic heterocycles. The zero-order chi connectivity index (χ0) is 16.5. The second-order valence-electron chi connectivity index (χ2n) is 4.85. The van der Waals surface area contributed by atoms with Crippen LogP contribution in [0.5, 0.6) is 5.75 Å². The Kier molecular flexibility index (Phi) is 6.17. The van der Waals surface area contributed by atoms with Crippen molar-refractivity contribution in [2.45, 2.75) is 13.3 Å². The topological polar surface area (TPSA) is 59.9 Å². The number of anilines is 1. The monoisotopic (exact) mass is 312 g/mol. The molecular formula is C18H20N2O3. The molecule has 0 aliphatic carbocycles. The molecule has 0 saturated carbocycles. The molecule has 2 rings (SSSR count). The number of rotatable bonds is 7. The van der Waals surface area contributed by atoms with Crippen LogP contribution in [0.4, 0.5) is 5.69 Å². The van der Waals surface area contributed by atoms with E-state index in [4.69, 9.17) is 9.57 Å². The molecule has 0 saturated heterocycles. The Morgan fingerprint density at radius 3 is 2.61 bits per heavy atom. The van der Waals surface area contributed by atoms with E-state index in [9.17, 15) is 4.79 Å². The van der Waals surface area contributed by atoms with Gasteiger partial charge in [-0.2, -0.15) is 0 Å². The van der Waals surface area contributed by atoms with Crippen LogP contribution < -0.4 is 10.1 Å². The van der Waals surface area contributed by atoms with Crippen LogP contribution >= 0.6 is 0 Å². The Hall–Kier alpha value is -2.82. The highest BCUT2D eigenvalue weighted by atomic mass is 16.6. The van der Waals surface area contributed by atoms with Gasteiger partial charge in [0.25, 0.3) is 5.91 Å². The molecule has 0 heterocycles. The van der Waals surface area contributed by atoms with Gasteiger partial charge < -0.3 is 14.9 Å². The Morgan fingerprint density at radius 2 is 1.91 bits per heavy atom. The molecule has 1 N–H and O–H groups in total. The molecule has 0 bridgehead atoms. The van der Waals surface area contributed by atoms with Crippen LogP contribution in [0, 0.1) is 0 Å². The molecule has 23 heavy (non-hydrogen) atoms. The summed E-state index contributed by atoms with van der Waals surface area (Å²) in [7, 11) is 1.55. The van der Waals surface area contributed by atoms with Crippen molar-refractivity contribution in [3.8, 4) is 5.75 Å². The molecule has 2 aromatic rings. The number of benzene rings is 2. The van der Waals surface area contributed by atoms with Gasteiger partial charge in [-0.05, 0) is 29.7 Å². The number of aryl methyl sites for hydroxylation is 1. The van der Waals surface area contributed by atoms with Gasteiger partial charge in [0.15, 0.2) is 6.61 Å². The Morgan fingerprint density at radius 1 is 1.17 bits per heavy atom. The summed E-state index contributed by atoms with van der Waals surface area (Å²) in [5, 5.41) is 6.52. The van der Waals surface area contributed by atoms with Crippen LogP contribution in [0.1, 0.15) is 18.1 Å². The van der Waals surface area contributed by atoms with E-state index < -0.39 is 0 Å². The van der Waals surface area contributed by atoms with Crippen LogP contribution in [0.3, 0.4) is 0 Å². The average Bonchev–Trinajstić information content (AvgIpc) is 2.59. The third-order valence-electron chi connectivity index (χ3n) is 3.24. The molecule has 0 aliphatic rings. The average molecular weight is 312 g/mol. The van der Waals surface area contributed by atoms with Gasteiger partial charge >= 0.3 is 0 Å². The normalized spacial score (nSPS) is 10.5. The highest BCUT2D eigenvalue weighted by molar-refractivity contribution is 5.93. The molecule has 0 radical (unpaired) electrons. The lowest BCUT2D eigenvalue weighted by Gasteiger charge is -2.08. The smallest absolute Gasteiger partial charge is 0.265 e. The predicted molar refractivity (Wildman–Crippen MR) is 91.0 cm³/mol. The maximum absolute atomic E-state index is 11.8. The summed E-state index contributed by atoms with van der Waals surface area (Å²) in [5.41, 5.74) is 2.79. The number of oxime groups is 1. The summed E-state index contributed by atoms with van der Waals surface area (Å²) in [6.45, 7) is 1.94. The lowest BCUT2D eigenvalue weighted by atomic mass is 10.1. The van der Waals surface area contributed by atoms with Gasteiger partial charge in [-0.15, -0.1) is 0 Å². The standard InChI is InChI=1S/C18H20N2O3/c1-3-14-8-10-15(11-9-14)12-19-23-13-18(21)20-16-6-4-5-7-17(16)22-2/h4-12H,3,13H2,1-2H3,(H,20,21)/b19-12-. The molecule has 1 amide bonds. The molecule has 5 heteroatoms. The van der Waals surface area contributed by atoms with Crippen molar-refractivity contribution in [3.05, 3.63) is 59.7 Å². The van der Waals surface area contributed by atoms with Crippen molar-refractivity contribution in [2.75, 3.05) is 19.0 Å². The number of carbonyl (C=O) groups is 1. The van der Waals surface area contributed by atoms with Crippen LogP contribution in [0.15, 0.2) is 53.7 Å². The Bertz CT molecular complexity index is 666. The van der Waals surface area contributed by atoms with Crippen molar-refractivity contribution in [2.24, 2.45) is 5.16 Å². The number of carbonyl (C=O) groups excluding carboxylic acids is 1. The van der Waals surface area contributed by atoms with Gasteiger partial charge in [0.1, 0.15) is 5.75 Å². The molecule has 0 atom stereocenters. The fourth-order valence-corrected chi connectivity index (χ4v) is 1.97. The molecule has 5 nitrogen and oxygen atoms in total. The second-order valence-corrected chi connectivity index (χ2v) is 4.85. The van der Waals surface area contributed by atoms with Crippen LogP contribution in [0.25, 0.3) is 0 Å². The van der Waals surface area contributed by atoms with E-state index in [2.05, 4.69) is 17.4 Å². The zero-order valence-electron chi connectivity index (χ0n) is 13.3. The summed E-state index contributed by atoms with van der Waals surface area (Å²) in [6, 6.07) is 15.2. The first kappa shape index (κ1) is 16.5. The minimum atomic E-state index is -0.298. The van der Waals surface area contributed by atoms with Gasteiger partial charge in [0.05, 0.1) is 19.0 Å². The fraction of sp³-hybridized carbons (Fsp3) is 0.222. The van der Waals surface area contributed by atoms with Crippen LogP contribution in [0.2, 0.25) is 0 Å². The number of para-hydroxylation sites is 2. The highest BCUT2D eigenvalue weighted by Gasteiger charge is 2.06. The van der Waals surface area contributed by atoms with E-state index in [-0.39, 0.29) is 12.5 Å². The summed E-state index contributed by atoms with van der Waals surface area (Å²) < 4.78 is 5.16. The molecule has 0 fully saturated rings. The van der Waals surface area contributed by atoms with Gasteiger partial charge in [-0.3, -0.25) is 4.79 Å². The first-order chi connectivity index (χ1) is 11.2. The van der Waals surface area contributed by atoms with Crippen LogP contribution in [-0.2, 0) is 16.1 Å². The number of nitrogens with zero attached hydrogens (tertiary/aromatic N) is 1. The van der Waals surface area contributed by atoms with Crippen molar-refractivity contribution in [1.29, 1.82) is 0 Å². The summed E-state index contributed by atoms with van der Waals surface area (Å²) >= 11 is 0. The van der Waals surface area contributed by atoms with Gasteiger partial charge in [0, 0.05) is 0 Å². The summed E-state index contributed by atoms with van der Waals surface area (Å²) in [5.74, 6) is 0.299. The lowest BCUT2D eigenvalue weighted by Crippen LogP contribution is -2.17. The quantitative estimate of drug-likeness (QED) is 0.630. The Balaban J connectivity index is 1.81. The van der Waals surface area contributed by atoms with Gasteiger partial charge in [-0.25, -0.2) is 0 Å². The third kappa shape index (κ3) is 5.14. The van der Waals surface area contributed by atoms with E-state index in [1.165, 1.54) is 5.56 Å². The number of methoxy groups -OCH3 is 1. The van der Waals surface area contributed by atoms with E-state index >= 15 is 0 Å². The second kappa shape index (κ2) is 8.58. The molecular weight excluding hydrogens is 292 g/mol. The Labute approximate surface area is 135 Å². The zero-order valence-corrected chi connectivity index (χ0v) is 13.3. The first-order valence-electron chi connectivity index (χ1n) is 7.40. The number of nitrogens with one attached hydrogen (secondary N) is 1. The van der Waals surface area contributed by atoms with E-state index in [0.29, 0.717) is 11.4 Å². The van der Waals surface area contributed by atoms with Crippen LogP contribution in [-0.4, -0.2) is 25.8 Å². The van der Waals surface area contributed by atoms with Crippen molar-refractivity contribution >= 4 is 17.8 Å². The SMILES string of the molecule is CCc1ccc(/C=N\OCC(=O)Nc2ccccc2OC)cc1. The maximum Gasteiger partial charge on any atom is 0.265 e. The van der Waals surface area contributed by atoms with E-state index in [0.717, 1.165) is 12.0 Å². The molecule has 0 unspecified atom stereocenters. The fourth-order valence-electron chi connectivity index (χ4n) is 1.97. The van der Waals surface area contributed by atoms with Crippen molar-refractivity contribution in [3.63, 3.8) is 0 Å². The lowest BCUT2D eigenvalue weighted by molar-refractivity contribution is -0.120. The maximum atomic E-state index is 11.8. The van der Waals surface area contributed by atoms with Gasteiger partial charge in [0.2, 0.25) is 0 Å². The van der Waals surface area contributed by atoms with Crippen molar-refractivity contribution < 1.29 is 14.4 Å². The largest absolute Gasteiger partial charge is 0.495 e.